The average molecular weight is 364 g/mol. The van der Waals surface area contributed by atoms with E-state index < -0.39 is 12.1 Å². The van der Waals surface area contributed by atoms with Crippen LogP contribution in [0.25, 0.3) is 5.69 Å². The minimum Gasteiger partial charge on any atom is -0.451 e. The van der Waals surface area contributed by atoms with E-state index in [9.17, 15) is 9.59 Å². The summed E-state index contributed by atoms with van der Waals surface area (Å²) in [6, 6.07) is 10.6. The lowest BCUT2D eigenvalue weighted by Gasteiger charge is -2.16. The van der Waals surface area contributed by atoms with Gasteiger partial charge >= 0.3 is 5.97 Å². The number of hydrogen-bond acceptors (Lipinski definition) is 6. The molecular formula is C20H20N4O3. The van der Waals surface area contributed by atoms with Crippen LogP contribution in [0.2, 0.25) is 0 Å². The van der Waals surface area contributed by atoms with Crippen LogP contribution in [0.5, 0.6) is 0 Å². The molecule has 1 heterocycles. The zero-order chi connectivity index (χ0) is 19.6. The molecule has 0 spiro atoms. The van der Waals surface area contributed by atoms with Crippen molar-refractivity contribution >= 4 is 11.8 Å². The molecule has 2 aromatic carbocycles. The number of Topliss-reactive ketones (excluding diaryl/α,β-unsaturated/α-hetero) is 1. The number of carbonyl (C=O) groups is 2. The number of ketones is 1. The van der Waals surface area contributed by atoms with Crippen molar-refractivity contribution in [2.24, 2.45) is 0 Å². The number of tetrazole rings is 1. The topological polar surface area (TPSA) is 87.0 Å². The summed E-state index contributed by atoms with van der Waals surface area (Å²) in [6.07, 6.45) is 0.472. The molecule has 0 aliphatic rings. The zero-order valence-electron chi connectivity index (χ0n) is 15.6. The van der Waals surface area contributed by atoms with Crippen molar-refractivity contribution in [3.05, 3.63) is 70.5 Å². The first kappa shape index (κ1) is 18.4. The van der Waals surface area contributed by atoms with Crippen LogP contribution in [0.3, 0.4) is 0 Å². The lowest BCUT2D eigenvalue weighted by molar-refractivity contribution is 0.0318. The lowest BCUT2D eigenvalue weighted by atomic mass is 9.96. The van der Waals surface area contributed by atoms with Crippen molar-refractivity contribution in [1.29, 1.82) is 0 Å². The van der Waals surface area contributed by atoms with Crippen molar-refractivity contribution in [2.75, 3.05) is 0 Å². The van der Waals surface area contributed by atoms with Crippen LogP contribution in [-0.4, -0.2) is 38.1 Å². The molecule has 0 fully saturated rings. The quantitative estimate of drug-likeness (QED) is 0.511. The van der Waals surface area contributed by atoms with E-state index in [-0.39, 0.29) is 11.3 Å². The monoisotopic (exact) mass is 364 g/mol. The summed E-state index contributed by atoms with van der Waals surface area (Å²) in [5, 5.41) is 11.0. The maximum atomic E-state index is 12.8. The van der Waals surface area contributed by atoms with Gasteiger partial charge in [0.15, 0.2) is 6.10 Å². The van der Waals surface area contributed by atoms with Gasteiger partial charge in [0.1, 0.15) is 6.33 Å². The Kier molecular flexibility index (Phi) is 5.12. The molecule has 1 atom stereocenters. The molecule has 0 aliphatic carbocycles. The number of esters is 1. The van der Waals surface area contributed by atoms with Crippen LogP contribution >= 0.6 is 0 Å². The SMILES string of the molecule is Cc1cc(C)c(C(=O)[C@H](C)OC(=O)c2ccccc2-n2cnnn2)cc1C. The largest absolute Gasteiger partial charge is 0.451 e. The Hall–Kier alpha value is -3.35. The molecule has 7 nitrogen and oxygen atoms in total. The Morgan fingerprint density at radius 2 is 1.70 bits per heavy atom. The van der Waals surface area contributed by atoms with Crippen molar-refractivity contribution in [3.63, 3.8) is 0 Å². The van der Waals surface area contributed by atoms with Gasteiger partial charge in [0.2, 0.25) is 5.78 Å². The van der Waals surface area contributed by atoms with Gasteiger partial charge in [-0.2, -0.15) is 4.68 Å². The number of aromatic nitrogens is 4. The van der Waals surface area contributed by atoms with Gasteiger partial charge in [0.05, 0.1) is 11.3 Å². The van der Waals surface area contributed by atoms with Gasteiger partial charge in [0, 0.05) is 5.56 Å². The predicted octanol–water partition coefficient (Wildman–Crippen LogP) is 3.02. The molecule has 0 amide bonds. The van der Waals surface area contributed by atoms with Crippen molar-refractivity contribution in [1.82, 2.24) is 20.2 Å². The van der Waals surface area contributed by atoms with Gasteiger partial charge < -0.3 is 4.74 Å². The first-order valence-electron chi connectivity index (χ1n) is 8.54. The summed E-state index contributed by atoms with van der Waals surface area (Å²) < 4.78 is 6.82. The van der Waals surface area contributed by atoms with Gasteiger partial charge in [-0.15, -0.1) is 5.10 Å². The number of rotatable bonds is 5. The van der Waals surface area contributed by atoms with E-state index in [2.05, 4.69) is 15.5 Å². The number of ether oxygens (including phenoxy) is 1. The molecule has 0 saturated heterocycles. The second-order valence-corrected chi connectivity index (χ2v) is 6.43. The van der Waals surface area contributed by atoms with Crippen molar-refractivity contribution < 1.29 is 14.3 Å². The molecule has 7 heteroatoms. The standard InChI is InChI=1S/C20H20N4O3/c1-12-9-14(3)17(10-13(12)2)19(25)15(4)27-20(26)16-7-5-6-8-18(16)24-11-21-22-23-24/h5-11,15H,1-4H3/t15-/m0/s1. The smallest absolute Gasteiger partial charge is 0.341 e. The summed E-state index contributed by atoms with van der Waals surface area (Å²) in [5.74, 6) is -0.840. The van der Waals surface area contributed by atoms with Crippen LogP contribution in [0.15, 0.2) is 42.7 Å². The third-order valence-electron chi connectivity index (χ3n) is 4.48. The van der Waals surface area contributed by atoms with E-state index in [1.54, 1.807) is 31.2 Å². The highest BCUT2D eigenvalue weighted by Crippen LogP contribution is 2.20. The van der Waals surface area contributed by atoms with E-state index in [4.69, 9.17) is 4.74 Å². The van der Waals surface area contributed by atoms with Crippen molar-refractivity contribution in [2.45, 2.75) is 33.8 Å². The number of benzene rings is 2. The highest BCUT2D eigenvalue weighted by Gasteiger charge is 2.24. The predicted molar refractivity (Wildman–Crippen MR) is 99.0 cm³/mol. The van der Waals surface area contributed by atoms with E-state index >= 15 is 0 Å². The Labute approximate surface area is 157 Å². The minimum absolute atomic E-state index is 0.233. The van der Waals surface area contributed by atoms with Gasteiger partial charge in [-0.05, 0) is 73.0 Å². The maximum Gasteiger partial charge on any atom is 0.341 e. The Morgan fingerprint density at radius 1 is 1.00 bits per heavy atom. The van der Waals surface area contributed by atoms with E-state index in [0.717, 1.165) is 16.7 Å². The Balaban J connectivity index is 1.83. The molecule has 27 heavy (non-hydrogen) atoms. The summed E-state index contributed by atoms with van der Waals surface area (Å²) in [5.41, 5.74) is 4.32. The second-order valence-electron chi connectivity index (χ2n) is 6.43. The van der Waals surface area contributed by atoms with Crippen LogP contribution < -0.4 is 0 Å². The molecule has 0 aliphatic heterocycles. The fourth-order valence-corrected chi connectivity index (χ4v) is 2.84. The fraction of sp³-hybridized carbons (Fsp3) is 0.250. The zero-order valence-corrected chi connectivity index (χ0v) is 15.6. The van der Waals surface area contributed by atoms with Crippen LogP contribution in [0.4, 0.5) is 0 Å². The number of para-hydroxylation sites is 1. The molecule has 0 N–H and O–H groups in total. The van der Waals surface area contributed by atoms with Crippen molar-refractivity contribution in [3.8, 4) is 5.69 Å². The lowest BCUT2D eigenvalue weighted by Crippen LogP contribution is -2.26. The minimum atomic E-state index is -0.916. The van der Waals surface area contributed by atoms with E-state index in [1.807, 2.05) is 32.9 Å². The first-order chi connectivity index (χ1) is 12.9. The van der Waals surface area contributed by atoms with E-state index in [1.165, 1.54) is 11.0 Å². The molecular weight excluding hydrogens is 344 g/mol. The summed E-state index contributed by atoms with van der Waals surface area (Å²) in [6.45, 7) is 7.40. The highest BCUT2D eigenvalue weighted by atomic mass is 16.5. The fourth-order valence-electron chi connectivity index (χ4n) is 2.84. The van der Waals surface area contributed by atoms with Crippen LogP contribution in [-0.2, 0) is 4.74 Å². The van der Waals surface area contributed by atoms with Gasteiger partial charge in [-0.3, -0.25) is 4.79 Å². The molecule has 1 aromatic heterocycles. The number of nitrogens with zero attached hydrogens (tertiary/aromatic N) is 4. The summed E-state index contributed by atoms with van der Waals surface area (Å²) in [4.78, 5) is 25.5. The summed E-state index contributed by atoms with van der Waals surface area (Å²) in [7, 11) is 0. The molecule has 0 unspecified atom stereocenters. The number of carbonyl (C=O) groups excluding carboxylic acids is 2. The maximum absolute atomic E-state index is 12.8. The second kappa shape index (κ2) is 7.49. The highest BCUT2D eigenvalue weighted by molar-refractivity contribution is 6.03. The molecule has 3 rings (SSSR count). The molecule has 3 aromatic rings. The first-order valence-corrected chi connectivity index (χ1v) is 8.54. The number of hydrogen-bond donors (Lipinski definition) is 0. The molecule has 138 valence electrons. The average Bonchev–Trinajstić information content (AvgIpc) is 3.18. The molecule has 0 radical (unpaired) electrons. The molecule has 0 bridgehead atoms. The van der Waals surface area contributed by atoms with E-state index in [0.29, 0.717) is 11.3 Å². The van der Waals surface area contributed by atoms with Gasteiger partial charge in [0.25, 0.3) is 0 Å². The van der Waals surface area contributed by atoms with Crippen LogP contribution in [0, 0.1) is 20.8 Å². The Morgan fingerprint density at radius 3 is 2.41 bits per heavy atom. The molecule has 0 saturated carbocycles. The Bertz CT molecular complexity index is 996. The van der Waals surface area contributed by atoms with Gasteiger partial charge in [-0.25, -0.2) is 4.79 Å². The normalized spacial score (nSPS) is 11.9. The summed E-state index contributed by atoms with van der Waals surface area (Å²) >= 11 is 0. The van der Waals surface area contributed by atoms with Gasteiger partial charge in [-0.1, -0.05) is 18.2 Å². The number of aryl methyl sites for hydroxylation is 3. The third-order valence-corrected chi connectivity index (χ3v) is 4.48. The third kappa shape index (κ3) is 3.76. The van der Waals surface area contributed by atoms with Crippen LogP contribution in [0.1, 0.15) is 44.3 Å².